The average Bonchev–Trinajstić information content (AvgIpc) is 2.97. The zero-order valence-electron chi connectivity index (χ0n) is 24.3. The number of nitrogens with one attached hydrogen (secondary N) is 1. The molecule has 10 heteroatoms. The molecular formula is C31H39N3O6S. The number of nitrogens with zero attached hydrogens (tertiary/aromatic N) is 2. The molecule has 3 aromatic carbocycles. The zero-order chi connectivity index (χ0) is 30.0. The fourth-order valence-electron chi connectivity index (χ4n) is 4.24. The van der Waals surface area contributed by atoms with Crippen LogP contribution in [-0.4, -0.2) is 58.0 Å². The monoisotopic (exact) mass is 581 g/mol. The largest absolute Gasteiger partial charge is 0.497 e. The zero-order valence-corrected chi connectivity index (χ0v) is 25.1. The SMILES string of the molecule is CCCNC(=O)C(C)N(Cc1cccc(OC)c1)C(=O)CN(c1ccccc1OCC)S(=O)(=O)c1ccc(C)cc1. The summed E-state index contributed by atoms with van der Waals surface area (Å²) in [5, 5.41) is 2.84. The Bertz CT molecular complexity index is 1430. The van der Waals surface area contributed by atoms with Crippen molar-refractivity contribution in [3.63, 3.8) is 0 Å². The number of ether oxygens (including phenoxy) is 2. The van der Waals surface area contributed by atoms with Gasteiger partial charge in [0.1, 0.15) is 24.1 Å². The standard InChI is InChI=1S/C31H39N3O6S/c1-6-19-32-31(36)24(4)33(21-25-11-10-12-26(20-25)39-5)30(35)22-34(28-13-8-9-14-29(28)40-7-2)41(37,38)27-17-15-23(3)16-18-27/h8-18,20,24H,6-7,19,21-22H2,1-5H3,(H,32,36). The molecule has 0 aromatic heterocycles. The van der Waals surface area contributed by atoms with Gasteiger partial charge in [-0.15, -0.1) is 0 Å². The van der Waals surface area contributed by atoms with Crippen molar-refractivity contribution in [2.45, 2.75) is 51.6 Å². The molecule has 2 amide bonds. The van der Waals surface area contributed by atoms with E-state index in [-0.39, 0.29) is 23.0 Å². The average molecular weight is 582 g/mol. The molecular weight excluding hydrogens is 542 g/mol. The van der Waals surface area contributed by atoms with Crippen molar-refractivity contribution < 1.29 is 27.5 Å². The highest BCUT2D eigenvalue weighted by Gasteiger charge is 2.33. The van der Waals surface area contributed by atoms with Gasteiger partial charge in [-0.3, -0.25) is 13.9 Å². The number of sulfonamides is 1. The molecule has 0 heterocycles. The van der Waals surface area contributed by atoms with Gasteiger partial charge in [0.05, 0.1) is 24.3 Å². The van der Waals surface area contributed by atoms with Gasteiger partial charge >= 0.3 is 0 Å². The van der Waals surface area contributed by atoms with Gasteiger partial charge in [0.2, 0.25) is 11.8 Å². The van der Waals surface area contributed by atoms with Crippen LogP contribution in [-0.2, 0) is 26.2 Å². The van der Waals surface area contributed by atoms with E-state index in [9.17, 15) is 18.0 Å². The topological polar surface area (TPSA) is 105 Å². The minimum absolute atomic E-state index is 0.0373. The van der Waals surface area contributed by atoms with E-state index in [0.29, 0.717) is 24.7 Å². The van der Waals surface area contributed by atoms with Crippen LogP contribution in [0.2, 0.25) is 0 Å². The summed E-state index contributed by atoms with van der Waals surface area (Å²) in [5.74, 6) is 0.0542. The van der Waals surface area contributed by atoms with Crippen molar-refractivity contribution in [2.75, 3.05) is 31.1 Å². The second kappa shape index (κ2) is 14.5. The number of carbonyl (C=O) groups is 2. The fraction of sp³-hybridized carbons (Fsp3) is 0.355. The second-order valence-electron chi connectivity index (χ2n) is 9.57. The van der Waals surface area contributed by atoms with Crippen molar-refractivity contribution in [1.82, 2.24) is 10.2 Å². The van der Waals surface area contributed by atoms with E-state index in [0.717, 1.165) is 21.9 Å². The van der Waals surface area contributed by atoms with Gasteiger partial charge in [0.25, 0.3) is 10.0 Å². The molecule has 0 aliphatic heterocycles. The third kappa shape index (κ3) is 8.00. The molecule has 0 aliphatic rings. The van der Waals surface area contributed by atoms with E-state index >= 15 is 0 Å². The lowest BCUT2D eigenvalue weighted by molar-refractivity contribution is -0.139. The van der Waals surface area contributed by atoms with Crippen LogP contribution in [0.15, 0.2) is 77.7 Å². The van der Waals surface area contributed by atoms with Crippen molar-refractivity contribution in [3.05, 3.63) is 83.9 Å². The van der Waals surface area contributed by atoms with Crippen molar-refractivity contribution in [1.29, 1.82) is 0 Å². The van der Waals surface area contributed by atoms with Crippen molar-refractivity contribution in [2.24, 2.45) is 0 Å². The molecule has 9 nitrogen and oxygen atoms in total. The predicted octanol–water partition coefficient (Wildman–Crippen LogP) is 4.54. The Morgan fingerprint density at radius 3 is 2.34 bits per heavy atom. The van der Waals surface area contributed by atoms with Gasteiger partial charge in [-0.25, -0.2) is 8.42 Å². The van der Waals surface area contributed by atoms with Gasteiger partial charge in [0.15, 0.2) is 0 Å². The van der Waals surface area contributed by atoms with Crippen LogP contribution >= 0.6 is 0 Å². The molecule has 0 radical (unpaired) electrons. The number of amides is 2. The van der Waals surface area contributed by atoms with Gasteiger partial charge in [-0.05, 0) is 69.2 Å². The summed E-state index contributed by atoms with van der Waals surface area (Å²) < 4.78 is 40.2. The first kappa shape index (κ1) is 31.5. The lowest BCUT2D eigenvalue weighted by atomic mass is 10.1. The fourth-order valence-corrected chi connectivity index (χ4v) is 5.66. The van der Waals surface area contributed by atoms with Gasteiger partial charge in [-0.2, -0.15) is 0 Å². The highest BCUT2D eigenvalue weighted by Crippen LogP contribution is 2.33. The maximum absolute atomic E-state index is 14.1. The summed E-state index contributed by atoms with van der Waals surface area (Å²) in [4.78, 5) is 28.5. The minimum Gasteiger partial charge on any atom is -0.497 e. The first-order valence-electron chi connectivity index (χ1n) is 13.6. The molecule has 0 aliphatic carbocycles. The number of anilines is 1. The smallest absolute Gasteiger partial charge is 0.264 e. The van der Waals surface area contributed by atoms with E-state index < -0.39 is 28.5 Å². The maximum atomic E-state index is 14.1. The number of methoxy groups -OCH3 is 1. The Hall–Kier alpha value is -4.05. The maximum Gasteiger partial charge on any atom is 0.264 e. The molecule has 220 valence electrons. The van der Waals surface area contributed by atoms with Gasteiger partial charge in [0, 0.05) is 13.1 Å². The van der Waals surface area contributed by atoms with Gasteiger partial charge < -0.3 is 19.7 Å². The molecule has 0 saturated heterocycles. The molecule has 0 spiro atoms. The first-order chi connectivity index (χ1) is 19.6. The number of rotatable bonds is 14. The molecule has 1 atom stereocenters. The number of benzene rings is 3. The van der Waals surface area contributed by atoms with E-state index in [1.165, 1.54) is 17.0 Å². The van der Waals surface area contributed by atoms with E-state index in [4.69, 9.17) is 9.47 Å². The number of aryl methyl sites for hydroxylation is 1. The van der Waals surface area contributed by atoms with Crippen LogP contribution in [0.4, 0.5) is 5.69 Å². The van der Waals surface area contributed by atoms with Crippen LogP contribution in [0.25, 0.3) is 0 Å². The highest BCUT2D eigenvalue weighted by atomic mass is 32.2. The Kier molecular flexibility index (Phi) is 11.2. The number of hydrogen-bond donors (Lipinski definition) is 1. The highest BCUT2D eigenvalue weighted by molar-refractivity contribution is 7.92. The minimum atomic E-state index is -4.20. The summed E-state index contributed by atoms with van der Waals surface area (Å²) in [6.07, 6.45) is 0.735. The number of carbonyl (C=O) groups excluding carboxylic acids is 2. The molecule has 1 N–H and O–H groups in total. The summed E-state index contributed by atoms with van der Waals surface area (Å²) in [6.45, 7) is 7.53. The molecule has 0 bridgehead atoms. The van der Waals surface area contributed by atoms with E-state index in [2.05, 4.69) is 5.32 Å². The van der Waals surface area contributed by atoms with Crippen molar-refractivity contribution >= 4 is 27.5 Å². The third-order valence-electron chi connectivity index (χ3n) is 6.53. The van der Waals surface area contributed by atoms with Gasteiger partial charge in [-0.1, -0.05) is 48.9 Å². The predicted molar refractivity (Wildman–Crippen MR) is 160 cm³/mol. The number of hydrogen-bond acceptors (Lipinski definition) is 6. The Labute approximate surface area is 243 Å². The summed E-state index contributed by atoms with van der Waals surface area (Å²) >= 11 is 0. The summed E-state index contributed by atoms with van der Waals surface area (Å²) in [6, 6.07) is 19.5. The van der Waals surface area contributed by atoms with E-state index in [1.807, 2.05) is 19.9 Å². The lowest BCUT2D eigenvalue weighted by Gasteiger charge is -2.32. The molecule has 0 saturated carbocycles. The summed E-state index contributed by atoms with van der Waals surface area (Å²) in [7, 11) is -2.65. The van der Waals surface area contributed by atoms with Crippen LogP contribution in [0, 0.1) is 6.92 Å². The third-order valence-corrected chi connectivity index (χ3v) is 8.30. The quantitative estimate of drug-likeness (QED) is 0.300. The molecule has 3 rings (SSSR count). The number of para-hydroxylation sites is 2. The Morgan fingerprint density at radius 1 is 0.976 bits per heavy atom. The normalized spacial score (nSPS) is 11.8. The molecule has 3 aromatic rings. The van der Waals surface area contributed by atoms with E-state index in [1.54, 1.807) is 75.6 Å². The summed E-state index contributed by atoms with van der Waals surface area (Å²) in [5.41, 5.74) is 1.86. The van der Waals surface area contributed by atoms with Crippen LogP contribution in [0.1, 0.15) is 38.3 Å². The Balaban J connectivity index is 2.08. The second-order valence-corrected chi connectivity index (χ2v) is 11.4. The van der Waals surface area contributed by atoms with Crippen LogP contribution in [0.3, 0.4) is 0 Å². The van der Waals surface area contributed by atoms with Crippen LogP contribution in [0.5, 0.6) is 11.5 Å². The molecule has 41 heavy (non-hydrogen) atoms. The molecule has 1 unspecified atom stereocenters. The first-order valence-corrected chi connectivity index (χ1v) is 15.1. The van der Waals surface area contributed by atoms with Crippen LogP contribution < -0.4 is 19.1 Å². The molecule has 0 fully saturated rings. The lowest BCUT2D eigenvalue weighted by Crippen LogP contribution is -2.51. The Morgan fingerprint density at radius 2 is 1.68 bits per heavy atom. The van der Waals surface area contributed by atoms with Crippen molar-refractivity contribution in [3.8, 4) is 11.5 Å².